The second kappa shape index (κ2) is 6.75. The van der Waals surface area contributed by atoms with E-state index in [1.165, 1.54) is 5.56 Å². The molecule has 0 saturated heterocycles. The lowest BCUT2D eigenvalue weighted by molar-refractivity contribution is -0.120. The van der Waals surface area contributed by atoms with E-state index in [0.717, 1.165) is 16.9 Å². The van der Waals surface area contributed by atoms with Crippen molar-refractivity contribution in [3.05, 3.63) is 65.2 Å². The molecule has 0 saturated carbocycles. The van der Waals surface area contributed by atoms with Crippen molar-refractivity contribution in [1.82, 2.24) is 5.32 Å². The van der Waals surface area contributed by atoms with Crippen LogP contribution in [-0.2, 0) is 17.8 Å². The minimum Gasteiger partial charge on any atom is -0.496 e. The van der Waals surface area contributed by atoms with Gasteiger partial charge in [0.05, 0.1) is 13.5 Å². The number of rotatable bonds is 5. The van der Waals surface area contributed by atoms with E-state index >= 15 is 0 Å². The van der Waals surface area contributed by atoms with Gasteiger partial charge in [-0.1, -0.05) is 42.5 Å². The summed E-state index contributed by atoms with van der Waals surface area (Å²) in [5.41, 5.74) is 3.23. The molecule has 1 amide bonds. The Balaban J connectivity index is 1.95. The van der Waals surface area contributed by atoms with Crippen LogP contribution in [0.25, 0.3) is 0 Å². The normalized spacial score (nSPS) is 10.1. The van der Waals surface area contributed by atoms with Crippen LogP contribution in [0.15, 0.2) is 48.5 Å². The van der Waals surface area contributed by atoms with Gasteiger partial charge in [0.2, 0.25) is 5.91 Å². The average Bonchev–Trinajstić information content (AvgIpc) is 2.47. The number of amides is 1. The van der Waals surface area contributed by atoms with E-state index < -0.39 is 0 Å². The lowest BCUT2D eigenvalue weighted by Crippen LogP contribution is -2.25. The summed E-state index contributed by atoms with van der Waals surface area (Å²) in [4.78, 5) is 12.0. The number of hydrogen-bond donors (Lipinski definition) is 1. The van der Waals surface area contributed by atoms with E-state index in [1.54, 1.807) is 7.11 Å². The van der Waals surface area contributed by atoms with Crippen molar-refractivity contribution in [2.24, 2.45) is 0 Å². The third-order valence-corrected chi connectivity index (χ3v) is 3.28. The van der Waals surface area contributed by atoms with Crippen molar-refractivity contribution in [2.75, 3.05) is 7.11 Å². The number of ether oxygens (including phenoxy) is 1. The Morgan fingerprint density at radius 1 is 1.05 bits per heavy atom. The fraction of sp³-hybridized carbons (Fsp3) is 0.235. The number of para-hydroxylation sites is 1. The molecule has 0 heterocycles. The van der Waals surface area contributed by atoms with Crippen LogP contribution in [-0.4, -0.2) is 13.0 Å². The standard InChI is InChI=1S/C17H19NO2/c1-13-7-3-4-9-15(13)12-18-17(19)11-14-8-5-6-10-16(14)20-2/h3-10H,11-12H2,1-2H3,(H,18,19). The van der Waals surface area contributed by atoms with Crippen molar-refractivity contribution in [3.8, 4) is 5.75 Å². The molecule has 3 nitrogen and oxygen atoms in total. The lowest BCUT2D eigenvalue weighted by Gasteiger charge is -2.10. The molecule has 2 aromatic carbocycles. The molecule has 0 bridgehead atoms. The maximum absolute atomic E-state index is 12.0. The third kappa shape index (κ3) is 3.60. The highest BCUT2D eigenvalue weighted by Gasteiger charge is 2.08. The van der Waals surface area contributed by atoms with E-state index in [9.17, 15) is 4.79 Å². The molecule has 2 rings (SSSR count). The molecule has 0 spiro atoms. The van der Waals surface area contributed by atoms with E-state index in [4.69, 9.17) is 4.74 Å². The van der Waals surface area contributed by atoms with Gasteiger partial charge in [0.15, 0.2) is 0 Å². The first-order valence-corrected chi connectivity index (χ1v) is 6.64. The highest BCUT2D eigenvalue weighted by atomic mass is 16.5. The Morgan fingerprint density at radius 3 is 2.40 bits per heavy atom. The van der Waals surface area contributed by atoms with E-state index in [1.807, 2.05) is 55.5 Å². The molecular formula is C17H19NO2. The number of benzene rings is 2. The van der Waals surface area contributed by atoms with Crippen LogP contribution in [0, 0.1) is 6.92 Å². The molecule has 104 valence electrons. The van der Waals surface area contributed by atoms with Gasteiger partial charge in [-0.15, -0.1) is 0 Å². The van der Waals surface area contributed by atoms with Crippen LogP contribution in [0.5, 0.6) is 5.75 Å². The smallest absolute Gasteiger partial charge is 0.224 e. The molecule has 2 aromatic rings. The maximum atomic E-state index is 12.0. The van der Waals surface area contributed by atoms with E-state index in [-0.39, 0.29) is 5.91 Å². The number of carbonyl (C=O) groups is 1. The summed E-state index contributed by atoms with van der Waals surface area (Å²) >= 11 is 0. The Hall–Kier alpha value is -2.29. The second-order valence-electron chi connectivity index (χ2n) is 4.69. The quantitative estimate of drug-likeness (QED) is 0.906. The van der Waals surface area contributed by atoms with Crippen LogP contribution in [0.3, 0.4) is 0 Å². The van der Waals surface area contributed by atoms with Crippen molar-refractivity contribution in [1.29, 1.82) is 0 Å². The van der Waals surface area contributed by atoms with Gasteiger partial charge in [-0.25, -0.2) is 0 Å². The van der Waals surface area contributed by atoms with Gasteiger partial charge in [-0.3, -0.25) is 4.79 Å². The summed E-state index contributed by atoms with van der Waals surface area (Å²) in [6, 6.07) is 15.6. The molecule has 1 N–H and O–H groups in total. The molecular weight excluding hydrogens is 250 g/mol. The summed E-state index contributed by atoms with van der Waals surface area (Å²) < 4.78 is 5.25. The molecule has 3 heteroatoms. The number of aryl methyl sites for hydroxylation is 1. The van der Waals surface area contributed by atoms with E-state index in [0.29, 0.717) is 13.0 Å². The first-order valence-electron chi connectivity index (χ1n) is 6.64. The van der Waals surface area contributed by atoms with Crippen molar-refractivity contribution >= 4 is 5.91 Å². The Labute approximate surface area is 119 Å². The molecule has 0 radical (unpaired) electrons. The predicted molar refractivity (Wildman–Crippen MR) is 79.7 cm³/mol. The zero-order valence-electron chi connectivity index (χ0n) is 11.8. The van der Waals surface area contributed by atoms with Crippen LogP contribution < -0.4 is 10.1 Å². The number of methoxy groups -OCH3 is 1. The minimum atomic E-state index is -0.00208. The lowest BCUT2D eigenvalue weighted by atomic mass is 10.1. The summed E-state index contributed by atoms with van der Waals surface area (Å²) in [5, 5.41) is 2.95. The van der Waals surface area contributed by atoms with Gasteiger partial charge in [-0.05, 0) is 24.1 Å². The molecule has 0 aliphatic heterocycles. The molecule has 0 unspecified atom stereocenters. The first kappa shape index (κ1) is 14.1. The van der Waals surface area contributed by atoms with Crippen molar-refractivity contribution in [2.45, 2.75) is 19.9 Å². The second-order valence-corrected chi connectivity index (χ2v) is 4.69. The molecule has 0 atom stereocenters. The van der Waals surface area contributed by atoms with Crippen molar-refractivity contribution in [3.63, 3.8) is 0 Å². The largest absolute Gasteiger partial charge is 0.496 e. The van der Waals surface area contributed by atoms with Crippen LogP contribution in [0.4, 0.5) is 0 Å². The zero-order chi connectivity index (χ0) is 14.4. The minimum absolute atomic E-state index is 0.00208. The molecule has 0 fully saturated rings. The first-order chi connectivity index (χ1) is 9.70. The summed E-state index contributed by atoms with van der Waals surface area (Å²) in [6.45, 7) is 2.60. The highest BCUT2D eigenvalue weighted by Crippen LogP contribution is 2.17. The maximum Gasteiger partial charge on any atom is 0.224 e. The Kier molecular flexibility index (Phi) is 4.77. The Morgan fingerprint density at radius 2 is 1.70 bits per heavy atom. The van der Waals surface area contributed by atoms with Crippen LogP contribution >= 0.6 is 0 Å². The highest BCUT2D eigenvalue weighted by molar-refractivity contribution is 5.79. The van der Waals surface area contributed by atoms with Crippen molar-refractivity contribution < 1.29 is 9.53 Å². The van der Waals surface area contributed by atoms with Gasteiger partial charge in [0, 0.05) is 12.1 Å². The summed E-state index contributed by atoms with van der Waals surface area (Å²) in [5.74, 6) is 0.747. The summed E-state index contributed by atoms with van der Waals surface area (Å²) in [7, 11) is 1.62. The van der Waals surface area contributed by atoms with Crippen LogP contribution in [0.1, 0.15) is 16.7 Å². The average molecular weight is 269 g/mol. The predicted octanol–water partition coefficient (Wildman–Crippen LogP) is 2.86. The molecule has 0 aliphatic rings. The topological polar surface area (TPSA) is 38.3 Å². The van der Waals surface area contributed by atoms with E-state index in [2.05, 4.69) is 5.32 Å². The molecule has 0 aromatic heterocycles. The molecule has 20 heavy (non-hydrogen) atoms. The van der Waals surface area contributed by atoms with Gasteiger partial charge in [-0.2, -0.15) is 0 Å². The third-order valence-electron chi connectivity index (χ3n) is 3.28. The Bertz CT molecular complexity index is 593. The number of hydrogen-bond acceptors (Lipinski definition) is 2. The van der Waals surface area contributed by atoms with Gasteiger partial charge in [0.1, 0.15) is 5.75 Å². The number of nitrogens with one attached hydrogen (secondary N) is 1. The monoisotopic (exact) mass is 269 g/mol. The van der Waals surface area contributed by atoms with Crippen LogP contribution in [0.2, 0.25) is 0 Å². The van der Waals surface area contributed by atoms with Gasteiger partial charge < -0.3 is 10.1 Å². The van der Waals surface area contributed by atoms with Gasteiger partial charge >= 0.3 is 0 Å². The zero-order valence-corrected chi connectivity index (χ0v) is 11.8. The fourth-order valence-electron chi connectivity index (χ4n) is 2.09. The molecule has 0 aliphatic carbocycles. The summed E-state index contributed by atoms with van der Waals surface area (Å²) in [6.07, 6.45) is 0.329. The fourth-order valence-corrected chi connectivity index (χ4v) is 2.09. The SMILES string of the molecule is COc1ccccc1CC(=O)NCc1ccccc1C. The van der Waals surface area contributed by atoms with Gasteiger partial charge in [0.25, 0.3) is 0 Å². The number of carbonyl (C=O) groups excluding carboxylic acids is 1.